The van der Waals surface area contributed by atoms with Gasteiger partial charge in [-0.3, -0.25) is 4.98 Å². The third kappa shape index (κ3) is 3.39. The summed E-state index contributed by atoms with van der Waals surface area (Å²) in [7, 11) is 0. The summed E-state index contributed by atoms with van der Waals surface area (Å²) < 4.78 is 0. The first-order valence-corrected chi connectivity index (χ1v) is 4.76. The van der Waals surface area contributed by atoms with Gasteiger partial charge in [-0.05, 0) is 12.1 Å². The molecule has 2 N–H and O–H groups in total. The topological polar surface area (TPSA) is 38.9 Å². The van der Waals surface area contributed by atoms with Crippen LogP contribution < -0.4 is 5.73 Å². The van der Waals surface area contributed by atoms with Crippen LogP contribution in [0.3, 0.4) is 0 Å². The molecule has 0 aliphatic rings. The summed E-state index contributed by atoms with van der Waals surface area (Å²) >= 11 is 1.82. The van der Waals surface area contributed by atoms with Gasteiger partial charge in [0.05, 0.1) is 5.69 Å². The molecule has 1 aromatic heterocycles. The first kappa shape index (κ1) is 8.56. The van der Waals surface area contributed by atoms with Crippen LogP contribution in [0.1, 0.15) is 5.69 Å². The molecule has 0 unspecified atom stereocenters. The lowest BCUT2D eigenvalue weighted by atomic mass is 10.4. The van der Waals surface area contributed by atoms with E-state index in [1.165, 1.54) is 0 Å². The number of hydrogen-bond acceptors (Lipinski definition) is 3. The van der Waals surface area contributed by atoms with E-state index in [0.717, 1.165) is 23.7 Å². The van der Waals surface area contributed by atoms with Crippen molar-refractivity contribution >= 4 is 11.8 Å². The molecule has 60 valence electrons. The van der Waals surface area contributed by atoms with Gasteiger partial charge in [-0.1, -0.05) is 6.07 Å². The smallest absolute Gasteiger partial charge is 0.0502 e. The van der Waals surface area contributed by atoms with E-state index in [2.05, 4.69) is 4.98 Å². The highest BCUT2D eigenvalue weighted by Crippen LogP contribution is 2.07. The van der Waals surface area contributed by atoms with Gasteiger partial charge in [0, 0.05) is 24.2 Å². The summed E-state index contributed by atoms with van der Waals surface area (Å²) in [4.78, 5) is 4.19. The maximum absolute atomic E-state index is 5.35. The van der Waals surface area contributed by atoms with Gasteiger partial charge in [0.25, 0.3) is 0 Å². The standard InChI is InChI=1S/C8H12N2S/c9-4-6-11-7-8-3-1-2-5-10-8/h1-3,5H,4,6-7,9H2. The Hall–Kier alpha value is -0.540. The third-order valence-electron chi connectivity index (χ3n) is 1.24. The van der Waals surface area contributed by atoms with Crippen LogP contribution in [0.15, 0.2) is 24.4 Å². The van der Waals surface area contributed by atoms with Crippen molar-refractivity contribution < 1.29 is 0 Å². The van der Waals surface area contributed by atoms with E-state index in [1.807, 2.05) is 36.2 Å². The lowest BCUT2D eigenvalue weighted by molar-refractivity contribution is 1.13. The maximum Gasteiger partial charge on any atom is 0.0502 e. The Kier molecular flexibility index (Phi) is 4.01. The molecule has 3 heteroatoms. The number of rotatable bonds is 4. The van der Waals surface area contributed by atoms with Crippen LogP contribution in [0.25, 0.3) is 0 Å². The van der Waals surface area contributed by atoms with Crippen LogP contribution in [-0.4, -0.2) is 17.3 Å². The predicted molar refractivity (Wildman–Crippen MR) is 49.5 cm³/mol. The number of nitrogens with zero attached hydrogens (tertiary/aromatic N) is 1. The highest BCUT2D eigenvalue weighted by molar-refractivity contribution is 7.98. The van der Waals surface area contributed by atoms with Crippen molar-refractivity contribution in [3.63, 3.8) is 0 Å². The Morgan fingerprint density at radius 3 is 3.00 bits per heavy atom. The van der Waals surface area contributed by atoms with Crippen molar-refractivity contribution in [1.82, 2.24) is 4.98 Å². The number of hydrogen-bond donors (Lipinski definition) is 1. The SMILES string of the molecule is NCCSCc1ccccn1. The van der Waals surface area contributed by atoms with Crippen molar-refractivity contribution in [3.8, 4) is 0 Å². The molecule has 0 saturated carbocycles. The number of pyridine rings is 1. The Morgan fingerprint density at radius 1 is 1.45 bits per heavy atom. The molecule has 1 heterocycles. The minimum atomic E-state index is 0.748. The van der Waals surface area contributed by atoms with E-state index in [0.29, 0.717) is 0 Å². The lowest BCUT2D eigenvalue weighted by Crippen LogP contribution is -2.01. The molecule has 0 saturated heterocycles. The van der Waals surface area contributed by atoms with Gasteiger partial charge in [0.15, 0.2) is 0 Å². The second kappa shape index (κ2) is 5.16. The monoisotopic (exact) mass is 168 g/mol. The van der Waals surface area contributed by atoms with Crippen LogP contribution in [0, 0.1) is 0 Å². The number of nitrogens with two attached hydrogens (primary N) is 1. The molecule has 1 aromatic rings. The van der Waals surface area contributed by atoms with Crippen LogP contribution >= 0.6 is 11.8 Å². The molecular formula is C8H12N2S. The first-order valence-electron chi connectivity index (χ1n) is 3.61. The number of thioether (sulfide) groups is 1. The fourth-order valence-electron chi connectivity index (χ4n) is 0.744. The Bertz CT molecular complexity index is 189. The molecule has 1 rings (SSSR count). The first-order chi connectivity index (χ1) is 5.43. The van der Waals surface area contributed by atoms with Crippen LogP contribution in [-0.2, 0) is 5.75 Å². The van der Waals surface area contributed by atoms with E-state index in [4.69, 9.17) is 5.73 Å². The minimum absolute atomic E-state index is 0.748. The van der Waals surface area contributed by atoms with Crippen molar-refractivity contribution in [2.24, 2.45) is 5.73 Å². The fraction of sp³-hybridized carbons (Fsp3) is 0.375. The third-order valence-corrected chi connectivity index (χ3v) is 2.26. The summed E-state index contributed by atoms with van der Waals surface area (Å²) in [6.45, 7) is 0.748. The molecule has 0 radical (unpaired) electrons. The Balaban J connectivity index is 2.28. The quantitative estimate of drug-likeness (QED) is 0.688. The molecule has 0 bridgehead atoms. The van der Waals surface area contributed by atoms with Gasteiger partial charge < -0.3 is 5.73 Å². The molecule has 0 amide bonds. The highest BCUT2D eigenvalue weighted by atomic mass is 32.2. The number of aromatic nitrogens is 1. The van der Waals surface area contributed by atoms with Gasteiger partial charge >= 0.3 is 0 Å². The normalized spacial score (nSPS) is 9.91. The van der Waals surface area contributed by atoms with Crippen LogP contribution in [0.5, 0.6) is 0 Å². The maximum atomic E-state index is 5.35. The molecule has 0 aromatic carbocycles. The Morgan fingerprint density at radius 2 is 2.36 bits per heavy atom. The summed E-state index contributed by atoms with van der Waals surface area (Å²) in [5, 5.41) is 0. The molecule has 0 fully saturated rings. The zero-order valence-electron chi connectivity index (χ0n) is 6.36. The summed E-state index contributed by atoms with van der Waals surface area (Å²) in [6, 6.07) is 5.96. The fourth-order valence-corrected chi connectivity index (χ4v) is 1.43. The van der Waals surface area contributed by atoms with Crippen LogP contribution in [0.2, 0.25) is 0 Å². The van der Waals surface area contributed by atoms with Gasteiger partial charge in [-0.25, -0.2) is 0 Å². The second-order valence-corrected chi connectivity index (χ2v) is 3.27. The summed E-state index contributed by atoms with van der Waals surface area (Å²) in [6.07, 6.45) is 1.82. The zero-order valence-corrected chi connectivity index (χ0v) is 7.18. The van der Waals surface area contributed by atoms with E-state index >= 15 is 0 Å². The molecule has 0 spiro atoms. The van der Waals surface area contributed by atoms with Crippen molar-refractivity contribution in [2.75, 3.05) is 12.3 Å². The molecule has 0 atom stereocenters. The van der Waals surface area contributed by atoms with Gasteiger partial charge in [-0.2, -0.15) is 11.8 Å². The van der Waals surface area contributed by atoms with E-state index in [1.54, 1.807) is 0 Å². The highest BCUT2D eigenvalue weighted by Gasteiger charge is 1.90. The van der Waals surface area contributed by atoms with Crippen molar-refractivity contribution in [2.45, 2.75) is 5.75 Å². The lowest BCUT2D eigenvalue weighted by Gasteiger charge is -1.97. The molecule has 11 heavy (non-hydrogen) atoms. The Labute approximate surface area is 71.2 Å². The van der Waals surface area contributed by atoms with Gasteiger partial charge in [0.2, 0.25) is 0 Å². The molecular weight excluding hydrogens is 156 g/mol. The average Bonchev–Trinajstić information content (AvgIpc) is 2.07. The van der Waals surface area contributed by atoms with Gasteiger partial charge in [0.1, 0.15) is 0 Å². The van der Waals surface area contributed by atoms with E-state index < -0.39 is 0 Å². The zero-order chi connectivity index (χ0) is 7.94. The molecule has 0 aliphatic carbocycles. The second-order valence-electron chi connectivity index (χ2n) is 2.16. The minimum Gasteiger partial charge on any atom is -0.330 e. The van der Waals surface area contributed by atoms with Gasteiger partial charge in [-0.15, -0.1) is 0 Å². The van der Waals surface area contributed by atoms with Crippen LogP contribution in [0.4, 0.5) is 0 Å². The largest absolute Gasteiger partial charge is 0.330 e. The summed E-state index contributed by atoms with van der Waals surface area (Å²) in [5.41, 5.74) is 6.48. The molecule has 2 nitrogen and oxygen atoms in total. The van der Waals surface area contributed by atoms with E-state index in [-0.39, 0.29) is 0 Å². The van der Waals surface area contributed by atoms with Crippen molar-refractivity contribution in [3.05, 3.63) is 30.1 Å². The van der Waals surface area contributed by atoms with E-state index in [9.17, 15) is 0 Å². The average molecular weight is 168 g/mol. The molecule has 0 aliphatic heterocycles. The van der Waals surface area contributed by atoms with Crippen molar-refractivity contribution in [1.29, 1.82) is 0 Å². The predicted octanol–water partition coefficient (Wildman–Crippen LogP) is 1.27. The summed E-state index contributed by atoms with van der Waals surface area (Å²) in [5.74, 6) is 1.98.